The second-order valence-electron chi connectivity index (χ2n) is 9.38. The number of pyridine rings is 1. The number of aldehydes is 1. The molecule has 1 aliphatic rings. The molecule has 39 heavy (non-hydrogen) atoms. The molecule has 6 heteroatoms. The van der Waals surface area contributed by atoms with Crippen LogP contribution < -0.4 is 5.73 Å². The number of aromatic nitrogens is 2. The average Bonchev–Trinajstić information content (AvgIpc) is 3.60. The highest BCUT2D eigenvalue weighted by Crippen LogP contribution is 2.50. The Labute approximate surface area is 238 Å². The first-order chi connectivity index (χ1) is 19.2. The lowest BCUT2D eigenvalue weighted by molar-refractivity contribution is -0.111. The van der Waals surface area contributed by atoms with E-state index in [1.165, 1.54) is 17.4 Å². The van der Waals surface area contributed by atoms with Crippen LogP contribution in [-0.2, 0) is 16.8 Å². The van der Waals surface area contributed by atoms with Crippen molar-refractivity contribution in [2.24, 2.45) is 5.73 Å². The van der Waals surface area contributed by atoms with Gasteiger partial charge in [-0.15, -0.1) is 11.3 Å². The molecule has 196 valence electrons. The Bertz CT molecular complexity index is 1460. The quantitative estimate of drug-likeness (QED) is 0.115. The molecule has 0 saturated heterocycles. The van der Waals surface area contributed by atoms with Crippen molar-refractivity contribution < 1.29 is 4.79 Å². The number of unbranched alkanes of at least 4 members (excludes halogenated alkanes) is 1. The standard InChI is InChI=1S/C27H23NOS2.C6H8N2/c29-19-27(23-14-6-4-12-21(23)22-13-5-7-15-24(22)27)16-8-9-17-30-26-28-25(18-31-26)20-10-2-1-3-11-20;7-5-6-3-1-2-4-8-6/h1-7,10-15,18-19H,8-9,16-17H2;1-4H,5,7H2. The number of hydrogen-bond donors (Lipinski definition) is 1. The number of nitrogens with two attached hydrogens (primary N) is 1. The Morgan fingerprint density at radius 2 is 1.49 bits per heavy atom. The second-order valence-corrected chi connectivity index (χ2v) is 11.6. The highest BCUT2D eigenvalue weighted by Gasteiger charge is 2.42. The van der Waals surface area contributed by atoms with Gasteiger partial charge >= 0.3 is 0 Å². The van der Waals surface area contributed by atoms with Crippen molar-refractivity contribution >= 4 is 29.4 Å². The topological polar surface area (TPSA) is 68.9 Å². The summed E-state index contributed by atoms with van der Waals surface area (Å²) < 4.78 is 1.11. The van der Waals surface area contributed by atoms with Gasteiger partial charge in [-0.05, 0) is 47.2 Å². The Balaban J connectivity index is 0.000000332. The van der Waals surface area contributed by atoms with Gasteiger partial charge in [0.25, 0.3) is 0 Å². The van der Waals surface area contributed by atoms with E-state index in [0.717, 1.165) is 57.4 Å². The van der Waals surface area contributed by atoms with Crippen molar-refractivity contribution in [2.75, 3.05) is 5.75 Å². The van der Waals surface area contributed by atoms with E-state index in [1.54, 1.807) is 17.5 Å². The summed E-state index contributed by atoms with van der Waals surface area (Å²) in [6, 6.07) is 32.8. The molecular formula is C33H31N3OS2. The molecule has 0 bridgehead atoms. The highest BCUT2D eigenvalue weighted by molar-refractivity contribution is 8.01. The maximum absolute atomic E-state index is 12.5. The van der Waals surface area contributed by atoms with Gasteiger partial charge in [0.2, 0.25) is 0 Å². The van der Waals surface area contributed by atoms with Crippen LogP contribution in [0.3, 0.4) is 0 Å². The normalized spacial score (nSPS) is 12.6. The van der Waals surface area contributed by atoms with Crippen molar-refractivity contribution in [1.29, 1.82) is 0 Å². The average molecular weight is 550 g/mol. The van der Waals surface area contributed by atoms with Crippen molar-refractivity contribution in [2.45, 2.75) is 35.6 Å². The zero-order valence-corrected chi connectivity index (χ0v) is 23.3. The Morgan fingerprint density at radius 1 is 0.821 bits per heavy atom. The number of thiazole rings is 1. The largest absolute Gasteiger partial charge is 0.325 e. The van der Waals surface area contributed by atoms with E-state index in [4.69, 9.17) is 10.7 Å². The van der Waals surface area contributed by atoms with Crippen LogP contribution in [0.25, 0.3) is 22.4 Å². The van der Waals surface area contributed by atoms with Crippen molar-refractivity contribution in [3.05, 3.63) is 125 Å². The first-order valence-electron chi connectivity index (χ1n) is 13.1. The van der Waals surface area contributed by atoms with E-state index in [2.05, 4.69) is 58.9 Å². The van der Waals surface area contributed by atoms with Gasteiger partial charge in [0, 0.05) is 29.4 Å². The molecule has 0 aliphatic heterocycles. The molecule has 0 saturated carbocycles. The SMILES string of the molecule is NCc1ccccn1.O=CC1(CCCCSc2nc(-c3ccccc3)cs2)c2ccccc2-c2ccccc21. The maximum atomic E-state index is 12.5. The third kappa shape index (κ3) is 6.04. The fourth-order valence-corrected chi connectivity index (χ4v) is 6.97. The van der Waals surface area contributed by atoms with Crippen LogP contribution in [0.1, 0.15) is 36.1 Å². The molecule has 2 heterocycles. The monoisotopic (exact) mass is 549 g/mol. The number of carbonyl (C=O) groups excluding carboxylic acids is 1. The van der Waals surface area contributed by atoms with Crippen LogP contribution in [-0.4, -0.2) is 22.0 Å². The third-order valence-corrected chi connectivity index (χ3v) is 9.09. The molecule has 2 aromatic heterocycles. The lowest BCUT2D eigenvalue weighted by Gasteiger charge is -2.25. The molecule has 0 fully saturated rings. The molecule has 0 amide bonds. The van der Waals surface area contributed by atoms with Gasteiger partial charge in [-0.3, -0.25) is 4.98 Å². The van der Waals surface area contributed by atoms with E-state index < -0.39 is 5.41 Å². The molecular weight excluding hydrogens is 519 g/mol. The molecule has 0 unspecified atom stereocenters. The summed E-state index contributed by atoms with van der Waals surface area (Å²) in [5.74, 6) is 1.01. The molecule has 6 rings (SSSR count). The fraction of sp³-hybridized carbons (Fsp3) is 0.182. The van der Waals surface area contributed by atoms with E-state index in [0.29, 0.717) is 6.54 Å². The number of hydrogen-bond acceptors (Lipinski definition) is 6. The van der Waals surface area contributed by atoms with Gasteiger partial charge in [-0.1, -0.05) is 103 Å². The Hall–Kier alpha value is -3.58. The third-order valence-electron chi connectivity index (χ3n) is 6.99. The number of rotatable bonds is 9. The van der Waals surface area contributed by atoms with Crippen LogP contribution in [0.4, 0.5) is 0 Å². The van der Waals surface area contributed by atoms with Gasteiger partial charge < -0.3 is 10.5 Å². The number of benzene rings is 3. The minimum absolute atomic E-state index is 0.514. The van der Waals surface area contributed by atoms with E-state index in [1.807, 2.05) is 60.3 Å². The first-order valence-corrected chi connectivity index (χ1v) is 15.0. The molecule has 2 N–H and O–H groups in total. The van der Waals surface area contributed by atoms with E-state index in [-0.39, 0.29) is 0 Å². The number of fused-ring (bicyclic) bond motifs is 3. The minimum Gasteiger partial charge on any atom is -0.325 e. The van der Waals surface area contributed by atoms with E-state index in [9.17, 15) is 4.79 Å². The lowest BCUT2D eigenvalue weighted by atomic mass is 9.75. The van der Waals surface area contributed by atoms with Crippen molar-refractivity contribution in [1.82, 2.24) is 9.97 Å². The number of nitrogens with zero attached hydrogens (tertiary/aromatic N) is 2. The van der Waals surface area contributed by atoms with Crippen LogP contribution in [0.15, 0.2) is 113 Å². The number of carbonyl (C=O) groups is 1. The summed E-state index contributed by atoms with van der Waals surface area (Å²) in [6.07, 6.45) is 5.83. The molecule has 1 aliphatic carbocycles. The molecule has 5 aromatic rings. The van der Waals surface area contributed by atoms with Crippen LogP contribution in [0.5, 0.6) is 0 Å². The van der Waals surface area contributed by atoms with Crippen LogP contribution in [0.2, 0.25) is 0 Å². The summed E-state index contributed by atoms with van der Waals surface area (Å²) in [5.41, 5.74) is 12.6. The smallest absolute Gasteiger partial charge is 0.150 e. The van der Waals surface area contributed by atoms with Crippen LogP contribution in [0, 0.1) is 0 Å². The van der Waals surface area contributed by atoms with Gasteiger partial charge in [-0.2, -0.15) is 0 Å². The summed E-state index contributed by atoms with van der Waals surface area (Å²) in [7, 11) is 0. The minimum atomic E-state index is -0.514. The first kappa shape index (κ1) is 27.0. The van der Waals surface area contributed by atoms with Gasteiger partial charge in [0.15, 0.2) is 4.34 Å². The van der Waals surface area contributed by atoms with Gasteiger partial charge in [0.05, 0.1) is 16.8 Å². The van der Waals surface area contributed by atoms with Crippen molar-refractivity contribution in [3.8, 4) is 22.4 Å². The molecule has 3 aromatic carbocycles. The summed E-state index contributed by atoms with van der Waals surface area (Å²) in [4.78, 5) is 21.2. The second kappa shape index (κ2) is 13.0. The highest BCUT2D eigenvalue weighted by atomic mass is 32.2. The molecule has 0 spiro atoms. The predicted octanol–water partition coefficient (Wildman–Crippen LogP) is 7.78. The molecule has 4 nitrogen and oxygen atoms in total. The summed E-state index contributed by atoms with van der Waals surface area (Å²) in [6.45, 7) is 0.529. The number of thioether (sulfide) groups is 1. The zero-order chi connectivity index (χ0) is 26.9. The Morgan fingerprint density at radius 3 is 2.10 bits per heavy atom. The predicted molar refractivity (Wildman–Crippen MR) is 163 cm³/mol. The maximum Gasteiger partial charge on any atom is 0.150 e. The molecule has 0 atom stereocenters. The van der Waals surface area contributed by atoms with E-state index >= 15 is 0 Å². The van der Waals surface area contributed by atoms with Gasteiger partial charge in [0.1, 0.15) is 6.29 Å². The fourth-order valence-electron chi connectivity index (χ4n) is 5.06. The zero-order valence-electron chi connectivity index (χ0n) is 21.7. The summed E-state index contributed by atoms with van der Waals surface area (Å²) in [5, 5.41) is 2.13. The Kier molecular flexibility index (Phi) is 8.99. The lowest BCUT2D eigenvalue weighted by Crippen LogP contribution is -2.27. The van der Waals surface area contributed by atoms with Crippen molar-refractivity contribution in [3.63, 3.8) is 0 Å². The van der Waals surface area contributed by atoms with Crippen LogP contribution >= 0.6 is 23.1 Å². The summed E-state index contributed by atoms with van der Waals surface area (Å²) >= 11 is 3.52. The molecule has 0 radical (unpaired) electrons. The van der Waals surface area contributed by atoms with Gasteiger partial charge in [-0.25, -0.2) is 4.98 Å².